The predicted molar refractivity (Wildman–Crippen MR) is 164 cm³/mol. The molecule has 4 rings (SSSR count). The van der Waals surface area contributed by atoms with Gasteiger partial charge in [0, 0.05) is 25.2 Å². The molecule has 0 spiro atoms. The third-order valence-corrected chi connectivity index (χ3v) is 7.18. The second-order valence-electron chi connectivity index (χ2n) is 10.0. The largest absolute Gasteiger partial charge is 0.438 e. The van der Waals surface area contributed by atoms with E-state index in [-0.39, 0.29) is 11.2 Å². The maximum absolute atomic E-state index is 6.63. The highest BCUT2D eigenvalue weighted by atomic mass is 127. The number of pyridine rings is 2. The van der Waals surface area contributed by atoms with Gasteiger partial charge >= 0.3 is 0 Å². The van der Waals surface area contributed by atoms with Gasteiger partial charge in [-0.1, -0.05) is 24.3 Å². The number of rotatable bonds is 10. The summed E-state index contributed by atoms with van der Waals surface area (Å²) in [5.41, 5.74) is 1.69. The number of nitrogens with zero attached hydrogens (tertiary/aromatic N) is 2. The summed E-state index contributed by atoms with van der Waals surface area (Å²) in [6.45, 7) is 8.56. The molecular weight excluding hydrogens is 690 g/mol. The molecule has 0 saturated carbocycles. The Morgan fingerprint density at radius 3 is 1.32 bits per heavy atom. The summed E-state index contributed by atoms with van der Waals surface area (Å²) in [4.78, 5) is 8.59. The number of benzene rings is 2. The van der Waals surface area contributed by atoms with E-state index in [4.69, 9.17) is 14.2 Å². The molecule has 0 unspecified atom stereocenters. The maximum atomic E-state index is 6.63. The van der Waals surface area contributed by atoms with E-state index < -0.39 is 0 Å². The monoisotopic (exact) mass is 720 g/mol. The van der Waals surface area contributed by atoms with Crippen LogP contribution in [0.3, 0.4) is 0 Å². The molecule has 0 aliphatic rings. The SMILES string of the molecule is CC(C)(Cc1ccc(Oc2ncccc2I)cc1)OC(C)(C)Cc1ccc(Oc2ncccc2I)cc1. The fraction of sp³-hybridized carbons (Fsp3) is 0.267. The molecule has 2 aromatic carbocycles. The Labute approximate surface area is 246 Å². The van der Waals surface area contributed by atoms with Gasteiger partial charge in [-0.25, -0.2) is 9.97 Å². The lowest BCUT2D eigenvalue weighted by atomic mass is 9.93. The number of aromatic nitrogens is 2. The van der Waals surface area contributed by atoms with Gasteiger partial charge in [0.15, 0.2) is 0 Å². The first-order valence-electron chi connectivity index (χ1n) is 12.0. The molecule has 0 saturated heterocycles. The Bertz CT molecular complexity index is 1220. The summed E-state index contributed by atoms with van der Waals surface area (Å²) in [5.74, 6) is 2.77. The molecule has 0 fully saturated rings. The van der Waals surface area contributed by atoms with Crippen molar-refractivity contribution in [2.24, 2.45) is 0 Å². The molecule has 0 aliphatic carbocycles. The van der Waals surface area contributed by atoms with Gasteiger partial charge in [0.05, 0.1) is 18.3 Å². The normalized spacial score (nSPS) is 11.8. The van der Waals surface area contributed by atoms with E-state index in [2.05, 4.69) is 107 Å². The summed E-state index contributed by atoms with van der Waals surface area (Å²) in [6.07, 6.45) is 5.04. The molecule has 192 valence electrons. The number of hydrogen-bond donors (Lipinski definition) is 0. The van der Waals surface area contributed by atoms with Crippen LogP contribution in [-0.2, 0) is 17.6 Å². The summed E-state index contributed by atoms with van der Waals surface area (Å²) >= 11 is 4.45. The van der Waals surface area contributed by atoms with Crippen LogP contribution < -0.4 is 9.47 Å². The Hall–Kier alpha value is -2.24. The molecule has 5 nitrogen and oxygen atoms in total. The van der Waals surface area contributed by atoms with Crippen molar-refractivity contribution in [3.63, 3.8) is 0 Å². The maximum Gasteiger partial charge on any atom is 0.232 e. The lowest BCUT2D eigenvalue weighted by Crippen LogP contribution is -2.40. The van der Waals surface area contributed by atoms with Crippen LogP contribution >= 0.6 is 45.2 Å². The zero-order valence-electron chi connectivity index (χ0n) is 21.4. The van der Waals surface area contributed by atoms with E-state index >= 15 is 0 Å². The van der Waals surface area contributed by atoms with E-state index in [1.165, 1.54) is 11.1 Å². The summed E-state index contributed by atoms with van der Waals surface area (Å²) in [5, 5.41) is 0. The molecule has 0 radical (unpaired) electrons. The van der Waals surface area contributed by atoms with Crippen LogP contribution in [0.2, 0.25) is 0 Å². The van der Waals surface area contributed by atoms with Crippen molar-refractivity contribution >= 4 is 45.2 Å². The van der Waals surface area contributed by atoms with Gasteiger partial charge in [0.2, 0.25) is 11.8 Å². The number of ether oxygens (including phenoxy) is 3. The van der Waals surface area contributed by atoms with Gasteiger partial charge < -0.3 is 14.2 Å². The van der Waals surface area contributed by atoms with E-state index in [1.807, 2.05) is 48.5 Å². The summed E-state index contributed by atoms with van der Waals surface area (Å²) in [6, 6.07) is 24.0. The van der Waals surface area contributed by atoms with E-state index in [9.17, 15) is 0 Å². The fourth-order valence-electron chi connectivity index (χ4n) is 4.27. The summed E-state index contributed by atoms with van der Waals surface area (Å²) < 4.78 is 20.4. The van der Waals surface area contributed by atoms with E-state index in [0.717, 1.165) is 31.5 Å². The Kier molecular flexibility index (Phi) is 9.07. The lowest BCUT2D eigenvalue weighted by Gasteiger charge is -2.36. The first-order valence-corrected chi connectivity index (χ1v) is 14.2. The molecule has 2 heterocycles. The zero-order valence-corrected chi connectivity index (χ0v) is 25.7. The minimum Gasteiger partial charge on any atom is -0.438 e. The Morgan fingerprint density at radius 2 is 0.973 bits per heavy atom. The number of halogens is 2. The molecule has 2 aromatic heterocycles. The van der Waals surface area contributed by atoms with Gasteiger partial charge in [-0.05, 0) is 133 Å². The van der Waals surface area contributed by atoms with Crippen LogP contribution in [0.4, 0.5) is 0 Å². The minimum absolute atomic E-state index is 0.346. The number of hydrogen-bond acceptors (Lipinski definition) is 5. The van der Waals surface area contributed by atoms with Crippen LogP contribution in [0.25, 0.3) is 0 Å². The fourth-order valence-corrected chi connectivity index (χ4v) is 5.18. The molecule has 0 aliphatic heterocycles. The van der Waals surface area contributed by atoms with Crippen molar-refractivity contribution in [1.29, 1.82) is 0 Å². The highest BCUT2D eigenvalue weighted by Gasteiger charge is 2.30. The zero-order chi connectivity index (χ0) is 26.5. The Balaban J connectivity index is 1.33. The lowest BCUT2D eigenvalue weighted by molar-refractivity contribution is -0.121. The molecule has 0 bridgehead atoms. The van der Waals surface area contributed by atoms with Crippen LogP contribution in [-0.4, -0.2) is 21.2 Å². The quantitative estimate of drug-likeness (QED) is 0.154. The van der Waals surface area contributed by atoms with Gasteiger partial charge in [0.25, 0.3) is 0 Å². The van der Waals surface area contributed by atoms with Crippen LogP contribution in [0.15, 0.2) is 85.2 Å². The van der Waals surface area contributed by atoms with Crippen molar-refractivity contribution in [3.05, 3.63) is 103 Å². The highest BCUT2D eigenvalue weighted by Crippen LogP contribution is 2.30. The van der Waals surface area contributed by atoms with Crippen molar-refractivity contribution in [3.8, 4) is 23.3 Å². The molecule has 0 atom stereocenters. The van der Waals surface area contributed by atoms with E-state index in [0.29, 0.717) is 11.8 Å². The smallest absolute Gasteiger partial charge is 0.232 e. The van der Waals surface area contributed by atoms with Crippen LogP contribution in [0, 0.1) is 7.14 Å². The highest BCUT2D eigenvalue weighted by molar-refractivity contribution is 14.1. The van der Waals surface area contributed by atoms with Crippen molar-refractivity contribution in [2.45, 2.75) is 51.7 Å². The second kappa shape index (κ2) is 12.1. The Morgan fingerprint density at radius 1 is 0.595 bits per heavy atom. The van der Waals surface area contributed by atoms with Crippen molar-refractivity contribution < 1.29 is 14.2 Å². The predicted octanol–water partition coefficient (Wildman–Crippen LogP) is 8.63. The standard InChI is InChI=1S/C30H30I2N2O3/c1-29(2,19-21-9-13-23(14-10-21)35-27-25(31)7-5-17-33-27)37-30(3,4)20-22-11-15-24(16-12-22)36-28-26(32)8-6-18-34-28/h5-18H,19-20H2,1-4H3. The second-order valence-corrected chi connectivity index (χ2v) is 12.4. The topological polar surface area (TPSA) is 53.5 Å². The van der Waals surface area contributed by atoms with E-state index in [1.54, 1.807) is 12.4 Å². The third kappa shape index (κ3) is 8.38. The first-order chi connectivity index (χ1) is 17.6. The third-order valence-electron chi connectivity index (χ3n) is 5.54. The molecule has 37 heavy (non-hydrogen) atoms. The minimum atomic E-state index is -0.346. The average Bonchev–Trinajstić information content (AvgIpc) is 2.83. The van der Waals surface area contributed by atoms with Crippen molar-refractivity contribution in [1.82, 2.24) is 9.97 Å². The first kappa shape index (κ1) is 27.8. The molecular formula is C30H30I2N2O3. The molecule has 0 N–H and O–H groups in total. The summed E-state index contributed by atoms with van der Waals surface area (Å²) in [7, 11) is 0. The van der Waals surface area contributed by atoms with Crippen molar-refractivity contribution in [2.75, 3.05) is 0 Å². The molecule has 7 heteroatoms. The molecule has 0 amide bonds. The molecule has 4 aromatic rings. The van der Waals surface area contributed by atoms with Crippen LogP contribution in [0.5, 0.6) is 23.3 Å². The van der Waals surface area contributed by atoms with Gasteiger partial charge in [-0.2, -0.15) is 0 Å². The van der Waals surface area contributed by atoms with Crippen LogP contribution in [0.1, 0.15) is 38.8 Å². The average molecular weight is 720 g/mol. The van der Waals surface area contributed by atoms with Gasteiger partial charge in [-0.3, -0.25) is 0 Å². The van der Waals surface area contributed by atoms with Gasteiger partial charge in [0.1, 0.15) is 11.5 Å². The van der Waals surface area contributed by atoms with Gasteiger partial charge in [-0.15, -0.1) is 0 Å².